The maximum Gasteiger partial charge on any atom is 0.299 e. The molecule has 188 valence electrons. The van der Waals surface area contributed by atoms with Crippen LogP contribution in [0.1, 0.15) is 39.5 Å². The van der Waals surface area contributed by atoms with E-state index in [1.807, 2.05) is 32.3 Å². The molecule has 10 nitrogen and oxygen atoms in total. The number of fused-ring (bicyclic) bond motifs is 1. The molecule has 1 saturated carbocycles. The van der Waals surface area contributed by atoms with Crippen molar-refractivity contribution < 1.29 is 13.9 Å². The molecule has 0 aliphatic heterocycles. The minimum Gasteiger partial charge on any atom is -0.488 e. The maximum atomic E-state index is 11.3. The van der Waals surface area contributed by atoms with Gasteiger partial charge in [-0.2, -0.15) is 4.98 Å². The van der Waals surface area contributed by atoms with Crippen LogP contribution in [0.2, 0.25) is 0 Å². The standard InChI is InChI=1S/C25H35N7O3/c1-5-32(14-13-31(3)4)25-27-16-22(35-25)29-24-26-15-18-7-6-8-21(23(18)30-24)34-20-11-9-19(10-12-20)28-17(2)33/h6-8,15-16,19-20H,5,9-14H2,1-4H3,(H,28,33)(H,26,29,30). The molecular formula is C25H35N7O3. The fourth-order valence-corrected chi connectivity index (χ4v) is 4.26. The summed E-state index contributed by atoms with van der Waals surface area (Å²) in [5, 5.41) is 7.04. The Morgan fingerprint density at radius 3 is 2.66 bits per heavy atom. The molecule has 3 aromatic rings. The van der Waals surface area contributed by atoms with Crippen LogP contribution in [-0.2, 0) is 4.79 Å². The summed E-state index contributed by atoms with van der Waals surface area (Å²) in [5.41, 5.74) is 0.745. The first-order chi connectivity index (χ1) is 16.9. The van der Waals surface area contributed by atoms with Gasteiger partial charge in [-0.25, -0.2) is 9.97 Å². The number of carbonyl (C=O) groups excluding carboxylic acids is 1. The van der Waals surface area contributed by atoms with Gasteiger partial charge in [0, 0.05) is 44.2 Å². The summed E-state index contributed by atoms with van der Waals surface area (Å²) < 4.78 is 12.3. The van der Waals surface area contributed by atoms with Crippen LogP contribution in [0, 0.1) is 0 Å². The highest BCUT2D eigenvalue weighted by Crippen LogP contribution is 2.30. The minimum absolute atomic E-state index is 0.0231. The lowest BCUT2D eigenvalue weighted by Gasteiger charge is -2.29. The van der Waals surface area contributed by atoms with Crippen LogP contribution >= 0.6 is 0 Å². The van der Waals surface area contributed by atoms with Gasteiger partial charge < -0.3 is 24.3 Å². The Morgan fingerprint density at radius 2 is 1.94 bits per heavy atom. The molecule has 10 heteroatoms. The molecule has 0 spiro atoms. The van der Waals surface area contributed by atoms with Crippen molar-refractivity contribution in [3.05, 3.63) is 30.6 Å². The highest BCUT2D eigenvalue weighted by Gasteiger charge is 2.23. The first-order valence-corrected chi connectivity index (χ1v) is 12.2. The average molecular weight is 482 g/mol. The molecule has 2 heterocycles. The molecule has 0 unspecified atom stereocenters. The van der Waals surface area contributed by atoms with Gasteiger partial charge in [-0.15, -0.1) is 0 Å². The molecule has 1 aromatic carbocycles. The predicted octanol–water partition coefficient (Wildman–Crippen LogP) is 3.58. The number of para-hydroxylation sites is 1. The molecule has 0 saturated heterocycles. The van der Waals surface area contributed by atoms with Gasteiger partial charge in [0.05, 0.1) is 12.3 Å². The zero-order chi connectivity index (χ0) is 24.8. The van der Waals surface area contributed by atoms with Gasteiger partial charge in [0.1, 0.15) is 11.3 Å². The summed E-state index contributed by atoms with van der Waals surface area (Å²) in [4.78, 5) is 29.1. The number of nitrogens with one attached hydrogen (secondary N) is 2. The Balaban J connectivity index is 1.44. The van der Waals surface area contributed by atoms with Gasteiger partial charge >= 0.3 is 0 Å². The van der Waals surface area contributed by atoms with Crippen molar-refractivity contribution in [2.45, 2.75) is 51.7 Å². The van der Waals surface area contributed by atoms with Crippen molar-refractivity contribution in [3.8, 4) is 5.75 Å². The molecule has 4 rings (SSSR count). The average Bonchev–Trinajstić information content (AvgIpc) is 3.29. The van der Waals surface area contributed by atoms with Crippen LogP contribution in [0.5, 0.6) is 5.75 Å². The predicted molar refractivity (Wildman–Crippen MR) is 136 cm³/mol. The first kappa shape index (κ1) is 24.7. The Morgan fingerprint density at radius 1 is 1.14 bits per heavy atom. The second kappa shape index (κ2) is 11.4. The summed E-state index contributed by atoms with van der Waals surface area (Å²) in [6.45, 7) is 6.17. The lowest BCUT2D eigenvalue weighted by Crippen LogP contribution is -2.38. The lowest BCUT2D eigenvalue weighted by atomic mass is 9.93. The van der Waals surface area contributed by atoms with Crippen LogP contribution < -0.4 is 20.3 Å². The highest BCUT2D eigenvalue weighted by molar-refractivity contribution is 5.84. The fourth-order valence-electron chi connectivity index (χ4n) is 4.26. The van der Waals surface area contributed by atoms with E-state index in [2.05, 4.69) is 37.3 Å². The zero-order valence-electron chi connectivity index (χ0n) is 21.0. The normalized spacial score (nSPS) is 18.0. The summed E-state index contributed by atoms with van der Waals surface area (Å²) in [5.74, 6) is 1.66. The Labute approximate surface area is 206 Å². The second-order valence-electron chi connectivity index (χ2n) is 9.19. The first-order valence-electron chi connectivity index (χ1n) is 12.2. The van der Waals surface area contributed by atoms with E-state index >= 15 is 0 Å². The number of hydrogen-bond acceptors (Lipinski definition) is 9. The van der Waals surface area contributed by atoms with Gasteiger partial charge in [0.25, 0.3) is 6.01 Å². The molecule has 0 bridgehead atoms. The number of carbonyl (C=O) groups is 1. The van der Waals surface area contributed by atoms with Crippen molar-refractivity contribution in [3.63, 3.8) is 0 Å². The molecular weight excluding hydrogens is 446 g/mol. The molecule has 2 aromatic heterocycles. The number of likely N-dealkylation sites (N-methyl/N-ethyl adjacent to an activating group) is 2. The number of benzene rings is 1. The third-order valence-electron chi connectivity index (χ3n) is 6.15. The number of anilines is 3. The number of aromatic nitrogens is 3. The van der Waals surface area contributed by atoms with Crippen LogP contribution in [0.25, 0.3) is 10.9 Å². The molecule has 0 radical (unpaired) electrons. The molecule has 1 fully saturated rings. The summed E-state index contributed by atoms with van der Waals surface area (Å²) >= 11 is 0. The third kappa shape index (κ3) is 6.60. The van der Waals surface area contributed by atoms with Crippen molar-refractivity contribution >= 4 is 34.7 Å². The summed E-state index contributed by atoms with van der Waals surface area (Å²) in [7, 11) is 4.09. The molecule has 1 amide bonds. The van der Waals surface area contributed by atoms with Crippen LogP contribution in [0.4, 0.5) is 17.8 Å². The number of nitrogens with zero attached hydrogens (tertiary/aromatic N) is 5. The molecule has 1 aliphatic rings. The number of oxazole rings is 1. The van der Waals surface area contributed by atoms with E-state index in [-0.39, 0.29) is 18.1 Å². The number of hydrogen-bond donors (Lipinski definition) is 2. The topological polar surface area (TPSA) is 109 Å². The summed E-state index contributed by atoms with van der Waals surface area (Å²) in [6, 6.07) is 6.66. The van der Waals surface area contributed by atoms with E-state index in [4.69, 9.17) is 14.1 Å². The van der Waals surface area contributed by atoms with Crippen LogP contribution in [-0.4, -0.2) is 71.6 Å². The highest BCUT2D eigenvalue weighted by atomic mass is 16.5. The van der Waals surface area contributed by atoms with Crippen LogP contribution in [0.15, 0.2) is 35.0 Å². The van der Waals surface area contributed by atoms with E-state index in [0.717, 1.165) is 62.0 Å². The van der Waals surface area contributed by atoms with Gasteiger partial charge in [0.2, 0.25) is 17.7 Å². The quantitative estimate of drug-likeness (QED) is 0.449. The summed E-state index contributed by atoms with van der Waals surface area (Å²) in [6.07, 6.45) is 7.12. The largest absolute Gasteiger partial charge is 0.488 e. The van der Waals surface area contributed by atoms with Crippen molar-refractivity contribution in [1.82, 2.24) is 25.2 Å². The van der Waals surface area contributed by atoms with E-state index in [9.17, 15) is 4.79 Å². The van der Waals surface area contributed by atoms with E-state index in [0.29, 0.717) is 17.8 Å². The fraction of sp³-hybridized carbons (Fsp3) is 0.520. The SMILES string of the molecule is CCN(CCN(C)C)c1ncc(Nc2ncc3cccc(OC4CCC(NC(C)=O)CC4)c3n2)o1. The third-order valence-corrected chi connectivity index (χ3v) is 6.15. The zero-order valence-corrected chi connectivity index (χ0v) is 21.0. The Bertz CT molecular complexity index is 1130. The van der Waals surface area contributed by atoms with Crippen molar-refractivity contribution in [2.75, 3.05) is 43.9 Å². The lowest BCUT2D eigenvalue weighted by molar-refractivity contribution is -0.120. The number of ether oxygens (including phenoxy) is 1. The van der Waals surface area contributed by atoms with Crippen molar-refractivity contribution in [2.24, 2.45) is 0 Å². The Hall–Kier alpha value is -3.40. The van der Waals surface area contributed by atoms with Crippen LogP contribution in [0.3, 0.4) is 0 Å². The molecule has 2 N–H and O–H groups in total. The van der Waals surface area contributed by atoms with Gasteiger partial charge in [-0.3, -0.25) is 10.1 Å². The number of rotatable bonds is 10. The molecule has 0 atom stereocenters. The van der Waals surface area contributed by atoms with E-state index < -0.39 is 0 Å². The van der Waals surface area contributed by atoms with Gasteiger partial charge in [-0.05, 0) is 52.8 Å². The number of amides is 1. The monoisotopic (exact) mass is 481 g/mol. The second-order valence-corrected chi connectivity index (χ2v) is 9.19. The minimum atomic E-state index is 0.0231. The van der Waals surface area contributed by atoms with Gasteiger partial charge in [0.15, 0.2) is 0 Å². The smallest absolute Gasteiger partial charge is 0.299 e. The molecule has 35 heavy (non-hydrogen) atoms. The maximum absolute atomic E-state index is 11.3. The van der Waals surface area contributed by atoms with E-state index in [1.54, 1.807) is 19.3 Å². The Kier molecular flexibility index (Phi) is 8.02. The molecule has 1 aliphatic carbocycles. The van der Waals surface area contributed by atoms with Gasteiger partial charge in [-0.1, -0.05) is 12.1 Å². The van der Waals surface area contributed by atoms with E-state index in [1.165, 1.54) is 0 Å². The van der Waals surface area contributed by atoms with Crippen molar-refractivity contribution in [1.29, 1.82) is 0 Å².